The second-order valence-corrected chi connectivity index (χ2v) is 0. The molecule has 0 N–H and O–H groups in total. The Labute approximate surface area is 112 Å². The normalized spacial score (nSPS) is 0. The summed E-state index contributed by atoms with van der Waals surface area (Å²) in [5.41, 5.74) is 0. The average molecular weight is 332 g/mol. The molecule has 0 atom stereocenters. The summed E-state index contributed by atoms with van der Waals surface area (Å²) in [6.07, 6.45) is 0. The van der Waals surface area contributed by atoms with Crippen LogP contribution in [0.4, 0.5) is 0 Å². The minimum absolute atomic E-state index is 0. The van der Waals surface area contributed by atoms with Crippen LogP contribution in [0.15, 0.2) is 0 Å². The Bertz CT molecular complexity index is 8.00. The van der Waals surface area contributed by atoms with Crippen LogP contribution >= 0.6 is 24.0 Å². The fraction of sp³-hybridized carbons (Fsp3) is 0. The minimum atomic E-state index is 0. The van der Waals surface area contributed by atoms with Crippen LogP contribution in [0.3, 0.4) is 0 Å². The first-order valence-electron chi connectivity index (χ1n) is 0. The summed E-state index contributed by atoms with van der Waals surface area (Å²) in [5.74, 6) is 0. The Morgan fingerprint density at radius 3 is 1.00 bits per heavy atom. The molecule has 0 fully saturated rings. The van der Waals surface area contributed by atoms with Crippen LogP contribution in [-0.2, 0) is 39.4 Å². The third-order valence-corrected chi connectivity index (χ3v) is 0. The topological polar surface area (TPSA) is 0 Å². The zero-order chi connectivity index (χ0) is 0. The van der Waals surface area contributed by atoms with E-state index < -0.39 is 0 Å². The summed E-state index contributed by atoms with van der Waals surface area (Å²) in [7, 11) is 0. The zero-order valence-electron chi connectivity index (χ0n) is 1.06. The molecular weight excluding hydrogens is 330 g/mol. The molecule has 0 bridgehead atoms. The van der Waals surface area contributed by atoms with Crippen LogP contribution in [0.1, 0.15) is 0 Å². The number of hydrogen-bond acceptors (Lipinski definition) is 0. The molecule has 0 amide bonds. The van der Waals surface area contributed by atoms with Gasteiger partial charge in [-0.05, 0) is 0 Å². The van der Waals surface area contributed by atoms with E-state index in [-0.39, 0.29) is 115 Å². The van der Waals surface area contributed by atoms with Crippen molar-refractivity contribution >= 4 is 75.4 Å². The maximum atomic E-state index is 0. The first kappa shape index (κ1) is 25.5. The Hall–Kier alpha value is 3.63. The van der Waals surface area contributed by atoms with Crippen molar-refractivity contribution in [3.8, 4) is 0 Å². The molecule has 4 heteroatoms. The molecule has 0 nitrogen and oxygen atoms in total. The van der Waals surface area contributed by atoms with Crippen molar-refractivity contribution in [2.24, 2.45) is 0 Å². The quantitative estimate of drug-likeness (QED) is 0.432. The molecular formula is H2AgFeIK. The summed E-state index contributed by atoms with van der Waals surface area (Å²) in [6.45, 7) is 0. The SMILES string of the molecule is I.[Ag].[Fe].[KH]. The van der Waals surface area contributed by atoms with Gasteiger partial charge in [-0.15, -0.1) is 24.0 Å². The third kappa shape index (κ3) is 9.16. The first-order valence-corrected chi connectivity index (χ1v) is 0. The van der Waals surface area contributed by atoms with Gasteiger partial charge in [0.15, 0.2) is 0 Å². The second kappa shape index (κ2) is 16.0. The van der Waals surface area contributed by atoms with Crippen LogP contribution < -0.4 is 0 Å². The summed E-state index contributed by atoms with van der Waals surface area (Å²) in [4.78, 5) is 0. The molecule has 29 valence electrons. The average Bonchev–Trinajstić information content (AvgIpc) is 0. The van der Waals surface area contributed by atoms with Gasteiger partial charge in [-0.1, -0.05) is 0 Å². The zero-order valence-corrected chi connectivity index (χ0v) is 5.98. The molecule has 0 aromatic heterocycles. The van der Waals surface area contributed by atoms with Crippen molar-refractivity contribution in [1.29, 1.82) is 0 Å². The van der Waals surface area contributed by atoms with Crippen molar-refractivity contribution in [3.63, 3.8) is 0 Å². The van der Waals surface area contributed by atoms with Crippen LogP contribution in [0, 0.1) is 0 Å². The molecule has 0 aromatic rings. The predicted molar refractivity (Wildman–Crippen MR) is 22.6 cm³/mol. The van der Waals surface area contributed by atoms with Gasteiger partial charge in [0.1, 0.15) is 0 Å². The van der Waals surface area contributed by atoms with E-state index in [1.807, 2.05) is 0 Å². The van der Waals surface area contributed by atoms with E-state index in [9.17, 15) is 0 Å². The summed E-state index contributed by atoms with van der Waals surface area (Å²) < 4.78 is 0. The van der Waals surface area contributed by atoms with Crippen LogP contribution in [-0.4, -0.2) is 51.4 Å². The molecule has 0 saturated carbocycles. The molecule has 0 heterocycles. The Kier molecular flexibility index (Phi) is 102. The van der Waals surface area contributed by atoms with Gasteiger partial charge in [0.05, 0.1) is 0 Å². The molecule has 0 aliphatic carbocycles. The molecule has 0 rings (SSSR count). The fourth-order valence-corrected chi connectivity index (χ4v) is 0. The van der Waals surface area contributed by atoms with Crippen molar-refractivity contribution < 1.29 is 39.4 Å². The van der Waals surface area contributed by atoms with Crippen LogP contribution in [0.2, 0.25) is 0 Å². The Balaban J connectivity index is 0. The van der Waals surface area contributed by atoms with E-state index in [1.165, 1.54) is 0 Å². The first-order chi connectivity index (χ1) is 0. The Morgan fingerprint density at radius 1 is 1.00 bits per heavy atom. The number of halogens is 1. The van der Waals surface area contributed by atoms with Crippen molar-refractivity contribution in [2.45, 2.75) is 0 Å². The number of rotatable bonds is 0. The van der Waals surface area contributed by atoms with Gasteiger partial charge < -0.3 is 0 Å². The maximum absolute atomic E-state index is 0. The van der Waals surface area contributed by atoms with E-state index in [0.717, 1.165) is 0 Å². The molecule has 0 unspecified atom stereocenters. The van der Waals surface area contributed by atoms with Crippen molar-refractivity contribution in [2.75, 3.05) is 0 Å². The van der Waals surface area contributed by atoms with Gasteiger partial charge in [0.25, 0.3) is 0 Å². The van der Waals surface area contributed by atoms with Gasteiger partial charge in [-0.25, -0.2) is 0 Å². The van der Waals surface area contributed by atoms with Crippen molar-refractivity contribution in [3.05, 3.63) is 0 Å². The van der Waals surface area contributed by atoms with E-state index >= 15 is 0 Å². The molecule has 0 aliphatic heterocycles. The van der Waals surface area contributed by atoms with E-state index in [4.69, 9.17) is 0 Å². The molecule has 4 heavy (non-hydrogen) atoms. The number of hydrogen-bond donors (Lipinski definition) is 0. The third-order valence-electron chi connectivity index (χ3n) is 0. The van der Waals surface area contributed by atoms with Gasteiger partial charge in [0.2, 0.25) is 0 Å². The fourth-order valence-electron chi connectivity index (χ4n) is 0. The molecule has 0 saturated heterocycles. The standard InChI is InChI=1S/Ag.Fe.HI.K.H/h;;1H;;. The van der Waals surface area contributed by atoms with E-state index in [0.29, 0.717) is 0 Å². The van der Waals surface area contributed by atoms with Crippen LogP contribution in [0.25, 0.3) is 0 Å². The van der Waals surface area contributed by atoms with Gasteiger partial charge in [-0.3, -0.25) is 0 Å². The van der Waals surface area contributed by atoms with Gasteiger partial charge in [0, 0.05) is 39.4 Å². The van der Waals surface area contributed by atoms with Crippen LogP contribution in [0.5, 0.6) is 0 Å². The Morgan fingerprint density at radius 2 is 1.00 bits per heavy atom. The molecule has 1 radical (unpaired) electrons. The van der Waals surface area contributed by atoms with Gasteiger partial charge in [-0.2, -0.15) is 0 Å². The summed E-state index contributed by atoms with van der Waals surface area (Å²) in [6, 6.07) is 0. The predicted octanol–water partition coefficient (Wildman–Crippen LogP) is -0.0355. The van der Waals surface area contributed by atoms with Gasteiger partial charge >= 0.3 is 51.4 Å². The monoisotopic (exact) mass is 331 g/mol. The van der Waals surface area contributed by atoms with E-state index in [2.05, 4.69) is 0 Å². The second-order valence-electron chi connectivity index (χ2n) is 0. The summed E-state index contributed by atoms with van der Waals surface area (Å²) >= 11 is 0. The molecule has 0 aromatic carbocycles. The summed E-state index contributed by atoms with van der Waals surface area (Å²) in [5, 5.41) is 0. The van der Waals surface area contributed by atoms with E-state index in [1.54, 1.807) is 0 Å². The molecule has 0 aliphatic rings. The van der Waals surface area contributed by atoms with Crippen molar-refractivity contribution in [1.82, 2.24) is 0 Å². The molecule has 0 spiro atoms.